The third-order valence-corrected chi connectivity index (χ3v) is 3.48. The molecule has 2 aromatic rings. The van der Waals surface area contributed by atoms with E-state index in [9.17, 15) is 24.8 Å². The molecule has 1 aromatic carbocycles. The number of esters is 1. The molecule has 0 radical (unpaired) electrons. The summed E-state index contributed by atoms with van der Waals surface area (Å²) in [5, 5.41) is 20.7. The van der Waals surface area contributed by atoms with E-state index < -0.39 is 29.1 Å². The van der Waals surface area contributed by atoms with Crippen molar-refractivity contribution in [2.45, 2.75) is 6.04 Å². The summed E-state index contributed by atoms with van der Waals surface area (Å²) in [6.07, 6.45) is 0.999. The average molecular weight is 353 g/mol. The highest BCUT2D eigenvalue weighted by Crippen LogP contribution is 2.14. The molecule has 1 atom stereocenters. The number of pyridine rings is 1. The molecular formula is C15H13ClN2O6. The second-order valence-electron chi connectivity index (χ2n) is 4.83. The van der Waals surface area contributed by atoms with E-state index in [0.29, 0.717) is 5.02 Å². The van der Waals surface area contributed by atoms with Crippen LogP contribution in [0.4, 0.5) is 5.69 Å². The van der Waals surface area contributed by atoms with Crippen molar-refractivity contribution < 1.29 is 19.6 Å². The third kappa shape index (κ3) is 4.18. The highest BCUT2D eigenvalue weighted by atomic mass is 35.5. The number of nitrogens with zero attached hydrogens (tertiary/aromatic N) is 2. The standard InChI is InChI=1S/C15H13ClN2O6/c16-11-3-1-10(2-4-11)15(21)24-9-13(8-19)17-7-12(18(22)23)5-6-14(17)20/h1-7,13,19H,8-9H2/t13-/m0/s1. The lowest BCUT2D eigenvalue weighted by Crippen LogP contribution is -2.30. The van der Waals surface area contributed by atoms with Crippen LogP contribution in [0.5, 0.6) is 0 Å². The van der Waals surface area contributed by atoms with Gasteiger partial charge in [0.2, 0.25) is 0 Å². The van der Waals surface area contributed by atoms with Gasteiger partial charge >= 0.3 is 5.97 Å². The molecule has 0 saturated carbocycles. The molecule has 0 aliphatic heterocycles. The smallest absolute Gasteiger partial charge is 0.338 e. The number of nitro groups is 1. The zero-order valence-corrected chi connectivity index (χ0v) is 13.0. The first kappa shape index (κ1) is 17.6. The largest absolute Gasteiger partial charge is 0.460 e. The van der Waals surface area contributed by atoms with Crippen LogP contribution in [0, 0.1) is 10.1 Å². The summed E-state index contributed by atoms with van der Waals surface area (Å²) in [7, 11) is 0. The Labute approximate surface area is 141 Å². The maximum absolute atomic E-state index is 11.9. The van der Waals surface area contributed by atoms with E-state index in [1.807, 2.05) is 0 Å². The summed E-state index contributed by atoms with van der Waals surface area (Å²) >= 11 is 5.73. The summed E-state index contributed by atoms with van der Waals surface area (Å²) in [6, 6.07) is 7.12. The van der Waals surface area contributed by atoms with Gasteiger partial charge < -0.3 is 9.84 Å². The van der Waals surface area contributed by atoms with Gasteiger partial charge in [-0.2, -0.15) is 0 Å². The summed E-state index contributed by atoms with van der Waals surface area (Å²) in [5.41, 5.74) is -0.609. The van der Waals surface area contributed by atoms with Gasteiger partial charge in [-0.1, -0.05) is 11.6 Å². The van der Waals surface area contributed by atoms with Crippen LogP contribution in [-0.4, -0.2) is 33.8 Å². The fraction of sp³-hybridized carbons (Fsp3) is 0.200. The highest BCUT2D eigenvalue weighted by molar-refractivity contribution is 6.30. The van der Waals surface area contributed by atoms with Crippen LogP contribution in [0.15, 0.2) is 47.4 Å². The Balaban J connectivity index is 2.13. The van der Waals surface area contributed by atoms with Crippen LogP contribution in [-0.2, 0) is 4.74 Å². The van der Waals surface area contributed by atoms with Crippen molar-refractivity contribution in [2.75, 3.05) is 13.2 Å². The first-order valence-corrected chi connectivity index (χ1v) is 7.20. The Hall–Kier alpha value is -2.71. The van der Waals surface area contributed by atoms with Crippen molar-refractivity contribution in [1.29, 1.82) is 0 Å². The van der Waals surface area contributed by atoms with Crippen LogP contribution in [0.2, 0.25) is 5.02 Å². The summed E-state index contributed by atoms with van der Waals surface area (Å²) in [4.78, 5) is 33.9. The fourth-order valence-electron chi connectivity index (χ4n) is 1.95. The second kappa shape index (κ2) is 7.71. The lowest BCUT2D eigenvalue weighted by Gasteiger charge is -2.17. The van der Waals surface area contributed by atoms with E-state index in [0.717, 1.165) is 22.9 Å². The minimum Gasteiger partial charge on any atom is -0.460 e. The fourth-order valence-corrected chi connectivity index (χ4v) is 2.07. The molecule has 0 bridgehead atoms. The lowest BCUT2D eigenvalue weighted by molar-refractivity contribution is -0.385. The molecule has 0 aliphatic carbocycles. The van der Waals surface area contributed by atoms with Crippen molar-refractivity contribution in [1.82, 2.24) is 4.57 Å². The number of hydrogen-bond acceptors (Lipinski definition) is 6. The van der Waals surface area contributed by atoms with Crippen LogP contribution < -0.4 is 5.56 Å². The average Bonchev–Trinajstić information content (AvgIpc) is 2.57. The highest BCUT2D eigenvalue weighted by Gasteiger charge is 2.18. The van der Waals surface area contributed by atoms with E-state index in [2.05, 4.69) is 0 Å². The van der Waals surface area contributed by atoms with Gasteiger partial charge in [0.15, 0.2) is 0 Å². The summed E-state index contributed by atoms with van der Waals surface area (Å²) < 4.78 is 6.02. The van der Waals surface area contributed by atoms with Gasteiger partial charge in [0, 0.05) is 17.2 Å². The number of hydrogen-bond donors (Lipinski definition) is 1. The molecule has 9 heteroatoms. The van der Waals surface area contributed by atoms with E-state index in [4.69, 9.17) is 16.3 Å². The molecule has 126 valence electrons. The van der Waals surface area contributed by atoms with Crippen molar-refractivity contribution in [3.63, 3.8) is 0 Å². The number of carbonyl (C=O) groups is 1. The third-order valence-electron chi connectivity index (χ3n) is 3.22. The Morgan fingerprint density at radius 2 is 1.96 bits per heavy atom. The molecule has 0 spiro atoms. The van der Waals surface area contributed by atoms with Gasteiger partial charge in [-0.15, -0.1) is 0 Å². The SMILES string of the molecule is O=C(OC[C@H](CO)n1cc([N+](=O)[O-])ccc1=O)c1ccc(Cl)cc1. The molecule has 0 amide bonds. The van der Waals surface area contributed by atoms with E-state index >= 15 is 0 Å². The molecule has 1 heterocycles. The molecule has 0 fully saturated rings. The first-order chi connectivity index (χ1) is 11.4. The Kier molecular flexibility index (Phi) is 5.67. The minimum atomic E-state index is -0.936. The normalized spacial score (nSPS) is 11.8. The molecule has 0 unspecified atom stereocenters. The molecule has 0 saturated heterocycles. The monoisotopic (exact) mass is 352 g/mol. The van der Waals surface area contributed by atoms with Gasteiger partial charge in [0.05, 0.1) is 29.3 Å². The number of rotatable bonds is 6. The van der Waals surface area contributed by atoms with Crippen molar-refractivity contribution in [2.24, 2.45) is 0 Å². The molecule has 8 nitrogen and oxygen atoms in total. The number of aromatic nitrogens is 1. The van der Waals surface area contributed by atoms with Crippen molar-refractivity contribution in [3.05, 3.63) is 73.6 Å². The zero-order valence-electron chi connectivity index (χ0n) is 12.3. The predicted octanol–water partition coefficient (Wildman–Crippen LogP) is 1.80. The van der Waals surface area contributed by atoms with E-state index in [1.54, 1.807) is 0 Å². The maximum Gasteiger partial charge on any atom is 0.338 e. The van der Waals surface area contributed by atoms with Gasteiger partial charge in [-0.3, -0.25) is 19.5 Å². The van der Waals surface area contributed by atoms with Crippen LogP contribution in [0.1, 0.15) is 16.4 Å². The Morgan fingerprint density at radius 1 is 1.29 bits per heavy atom. The van der Waals surface area contributed by atoms with Crippen molar-refractivity contribution in [3.8, 4) is 0 Å². The van der Waals surface area contributed by atoms with Gasteiger partial charge in [0.1, 0.15) is 6.61 Å². The second-order valence-corrected chi connectivity index (χ2v) is 5.27. The van der Waals surface area contributed by atoms with Gasteiger partial charge in [-0.05, 0) is 24.3 Å². The van der Waals surface area contributed by atoms with Gasteiger partial charge in [0.25, 0.3) is 11.2 Å². The number of aliphatic hydroxyl groups excluding tert-OH is 1. The van der Waals surface area contributed by atoms with Gasteiger partial charge in [-0.25, -0.2) is 4.79 Å². The molecule has 0 aliphatic rings. The van der Waals surface area contributed by atoms with E-state index in [-0.39, 0.29) is 17.9 Å². The number of benzene rings is 1. The topological polar surface area (TPSA) is 112 Å². The Bertz CT molecular complexity index is 802. The quantitative estimate of drug-likeness (QED) is 0.482. The predicted molar refractivity (Wildman–Crippen MR) is 85.2 cm³/mol. The number of ether oxygens (including phenoxy) is 1. The first-order valence-electron chi connectivity index (χ1n) is 6.82. The molecule has 1 N–H and O–H groups in total. The van der Waals surface area contributed by atoms with Crippen LogP contribution in [0.25, 0.3) is 0 Å². The molecule has 24 heavy (non-hydrogen) atoms. The minimum absolute atomic E-state index is 0.252. The summed E-state index contributed by atoms with van der Waals surface area (Å²) in [6.45, 7) is -0.853. The number of halogens is 1. The Morgan fingerprint density at radius 3 is 2.54 bits per heavy atom. The molecule has 2 rings (SSSR count). The molecule has 1 aromatic heterocycles. The maximum atomic E-state index is 11.9. The molecular weight excluding hydrogens is 340 g/mol. The van der Waals surface area contributed by atoms with Crippen molar-refractivity contribution >= 4 is 23.3 Å². The summed E-state index contributed by atoms with van der Waals surface area (Å²) in [5.74, 6) is -0.663. The number of carbonyl (C=O) groups excluding carboxylic acids is 1. The number of aliphatic hydroxyl groups is 1. The van der Waals surface area contributed by atoms with Crippen LogP contribution in [0.3, 0.4) is 0 Å². The van der Waals surface area contributed by atoms with E-state index in [1.165, 1.54) is 24.3 Å². The van der Waals surface area contributed by atoms with Crippen LogP contribution >= 0.6 is 11.6 Å². The zero-order chi connectivity index (χ0) is 17.7. The lowest BCUT2D eigenvalue weighted by atomic mass is 10.2.